The number of halogens is 1. The van der Waals surface area contributed by atoms with Gasteiger partial charge in [0.1, 0.15) is 4.88 Å². The molecule has 0 aliphatic heterocycles. The number of carboxylic acid groups (broad SMARTS) is 1. The van der Waals surface area contributed by atoms with Crippen LogP contribution in [0, 0.1) is 0 Å². The van der Waals surface area contributed by atoms with E-state index in [2.05, 4.69) is 0 Å². The van der Waals surface area contributed by atoms with Gasteiger partial charge in [-0.25, -0.2) is 4.79 Å². The number of fused-ring (bicyclic) bond motifs is 1. The fourth-order valence-corrected chi connectivity index (χ4v) is 4.17. The van der Waals surface area contributed by atoms with Crippen LogP contribution >= 0.6 is 34.3 Å². The van der Waals surface area contributed by atoms with Crippen LogP contribution in [0.3, 0.4) is 0 Å². The van der Waals surface area contributed by atoms with Crippen LogP contribution in [-0.2, 0) is 6.42 Å². The largest absolute Gasteiger partial charge is 0.477 e. The van der Waals surface area contributed by atoms with Gasteiger partial charge in [-0.05, 0) is 18.1 Å². The van der Waals surface area contributed by atoms with Crippen LogP contribution in [0.2, 0.25) is 4.34 Å². The summed E-state index contributed by atoms with van der Waals surface area (Å²) in [4.78, 5) is 11.4. The first-order chi connectivity index (χ1) is 6.63. The molecule has 0 saturated heterocycles. The van der Waals surface area contributed by atoms with Crippen molar-refractivity contribution in [1.82, 2.24) is 0 Å². The summed E-state index contributed by atoms with van der Waals surface area (Å²) in [7, 11) is 0. The summed E-state index contributed by atoms with van der Waals surface area (Å²) < 4.78 is 2.73. The van der Waals surface area contributed by atoms with Gasteiger partial charge in [0.25, 0.3) is 0 Å². The minimum atomic E-state index is -0.841. The van der Waals surface area contributed by atoms with Gasteiger partial charge in [-0.2, -0.15) is 0 Å². The van der Waals surface area contributed by atoms with Gasteiger partial charge in [0, 0.05) is 4.70 Å². The molecule has 0 bridgehead atoms. The lowest BCUT2D eigenvalue weighted by atomic mass is 10.2. The molecule has 0 aromatic carbocycles. The predicted molar refractivity (Wildman–Crippen MR) is 61.0 cm³/mol. The lowest BCUT2D eigenvalue weighted by Gasteiger charge is -1.93. The van der Waals surface area contributed by atoms with E-state index < -0.39 is 5.97 Å². The number of hydrogen-bond donors (Lipinski definition) is 1. The molecule has 0 aliphatic carbocycles. The number of aromatic carboxylic acids is 1. The molecule has 0 aliphatic rings. The zero-order valence-electron chi connectivity index (χ0n) is 7.33. The van der Waals surface area contributed by atoms with E-state index >= 15 is 0 Å². The van der Waals surface area contributed by atoms with Crippen molar-refractivity contribution in [3.8, 4) is 0 Å². The van der Waals surface area contributed by atoms with E-state index in [9.17, 15) is 4.79 Å². The van der Waals surface area contributed by atoms with E-state index in [1.165, 1.54) is 22.7 Å². The first-order valence-electron chi connectivity index (χ1n) is 4.07. The average molecular weight is 247 g/mol. The highest BCUT2D eigenvalue weighted by atomic mass is 35.5. The zero-order valence-corrected chi connectivity index (χ0v) is 9.72. The van der Waals surface area contributed by atoms with Gasteiger partial charge in [-0.1, -0.05) is 18.5 Å². The summed E-state index contributed by atoms with van der Waals surface area (Å²) in [5, 5.41) is 8.97. The molecule has 74 valence electrons. The van der Waals surface area contributed by atoms with Crippen LogP contribution in [0.25, 0.3) is 9.40 Å². The number of carboxylic acids is 1. The minimum Gasteiger partial charge on any atom is -0.477 e. The summed E-state index contributed by atoms with van der Waals surface area (Å²) in [6, 6.07) is 1.83. The van der Waals surface area contributed by atoms with Gasteiger partial charge in [0.05, 0.1) is 9.04 Å². The Morgan fingerprint density at radius 3 is 2.86 bits per heavy atom. The highest BCUT2D eigenvalue weighted by Gasteiger charge is 2.18. The standard InChI is InChI=1S/C9H7ClO2S2/c1-2-4-7-5(3-6(10)14-7)13-8(4)9(11)12/h3H,2H2,1H3,(H,11,12). The Hall–Kier alpha value is -0.580. The predicted octanol–water partition coefficient (Wildman–Crippen LogP) is 3.88. The van der Waals surface area contributed by atoms with Crippen molar-refractivity contribution >= 4 is 49.6 Å². The molecule has 2 heterocycles. The second-order valence-corrected chi connectivity index (χ2v) is 5.55. The Kier molecular flexibility index (Phi) is 2.51. The van der Waals surface area contributed by atoms with E-state index in [-0.39, 0.29) is 0 Å². The van der Waals surface area contributed by atoms with Crippen LogP contribution in [0.5, 0.6) is 0 Å². The van der Waals surface area contributed by atoms with Gasteiger partial charge >= 0.3 is 5.97 Å². The van der Waals surface area contributed by atoms with Crippen molar-refractivity contribution in [2.45, 2.75) is 13.3 Å². The Morgan fingerprint density at radius 1 is 1.57 bits per heavy atom. The molecule has 2 nitrogen and oxygen atoms in total. The Balaban J connectivity index is 2.74. The van der Waals surface area contributed by atoms with Gasteiger partial charge in [-0.3, -0.25) is 0 Å². The molecular weight excluding hydrogens is 240 g/mol. The summed E-state index contributed by atoms with van der Waals surface area (Å²) in [5.41, 5.74) is 0.911. The molecule has 2 aromatic heterocycles. The van der Waals surface area contributed by atoms with E-state index in [1.807, 2.05) is 13.0 Å². The molecule has 2 rings (SSSR count). The molecule has 14 heavy (non-hydrogen) atoms. The molecule has 0 atom stereocenters. The highest BCUT2D eigenvalue weighted by Crippen LogP contribution is 2.39. The molecular formula is C9H7ClO2S2. The number of hydrogen-bond acceptors (Lipinski definition) is 3. The van der Waals surface area contributed by atoms with Crippen LogP contribution < -0.4 is 0 Å². The SMILES string of the molecule is CCc1c(C(=O)O)sc2cc(Cl)sc12. The monoisotopic (exact) mass is 246 g/mol. The molecule has 0 saturated carbocycles. The zero-order chi connectivity index (χ0) is 10.3. The van der Waals surface area contributed by atoms with Crippen molar-refractivity contribution in [3.05, 3.63) is 20.8 Å². The van der Waals surface area contributed by atoms with E-state index in [4.69, 9.17) is 16.7 Å². The minimum absolute atomic E-state index is 0.449. The summed E-state index contributed by atoms with van der Waals surface area (Å²) >= 11 is 8.62. The molecule has 1 N–H and O–H groups in total. The van der Waals surface area contributed by atoms with Gasteiger partial charge in [0.2, 0.25) is 0 Å². The molecule has 2 aromatic rings. The second-order valence-electron chi connectivity index (χ2n) is 2.81. The van der Waals surface area contributed by atoms with Crippen molar-refractivity contribution in [2.24, 2.45) is 0 Å². The summed E-state index contributed by atoms with van der Waals surface area (Å²) in [5.74, 6) is -0.841. The third-order valence-corrected chi connectivity index (χ3v) is 4.60. The smallest absolute Gasteiger partial charge is 0.346 e. The number of aryl methyl sites for hydroxylation is 1. The Bertz CT molecular complexity index is 498. The normalized spacial score (nSPS) is 11.0. The number of carbonyl (C=O) groups is 1. The van der Waals surface area contributed by atoms with Crippen molar-refractivity contribution < 1.29 is 9.90 Å². The van der Waals surface area contributed by atoms with E-state index in [0.717, 1.165) is 25.7 Å². The fourth-order valence-electron chi connectivity index (χ4n) is 1.40. The maximum atomic E-state index is 10.9. The Labute approximate surface area is 93.7 Å². The van der Waals surface area contributed by atoms with Crippen molar-refractivity contribution in [1.29, 1.82) is 0 Å². The Morgan fingerprint density at radius 2 is 2.29 bits per heavy atom. The van der Waals surface area contributed by atoms with Gasteiger partial charge in [-0.15, -0.1) is 22.7 Å². The lowest BCUT2D eigenvalue weighted by molar-refractivity contribution is 0.0701. The van der Waals surface area contributed by atoms with Gasteiger partial charge in [0.15, 0.2) is 0 Å². The average Bonchev–Trinajstić information content (AvgIpc) is 2.59. The van der Waals surface area contributed by atoms with Crippen molar-refractivity contribution in [3.63, 3.8) is 0 Å². The molecule has 0 spiro atoms. The van der Waals surface area contributed by atoms with Crippen molar-refractivity contribution in [2.75, 3.05) is 0 Å². The number of thiophene rings is 2. The molecule has 0 amide bonds. The lowest BCUT2D eigenvalue weighted by Crippen LogP contribution is -1.95. The second kappa shape index (κ2) is 3.53. The van der Waals surface area contributed by atoms with E-state index in [1.54, 1.807) is 0 Å². The molecule has 0 radical (unpaired) electrons. The van der Waals surface area contributed by atoms with Crippen LogP contribution in [0.4, 0.5) is 0 Å². The molecule has 0 fully saturated rings. The maximum Gasteiger partial charge on any atom is 0.346 e. The first-order valence-corrected chi connectivity index (χ1v) is 6.08. The van der Waals surface area contributed by atoms with Crippen LogP contribution in [-0.4, -0.2) is 11.1 Å². The summed E-state index contributed by atoms with van der Waals surface area (Å²) in [6.07, 6.45) is 0.735. The third kappa shape index (κ3) is 1.43. The summed E-state index contributed by atoms with van der Waals surface area (Å²) in [6.45, 7) is 1.96. The van der Waals surface area contributed by atoms with E-state index in [0.29, 0.717) is 4.88 Å². The third-order valence-electron chi connectivity index (χ3n) is 1.98. The van der Waals surface area contributed by atoms with Crippen LogP contribution in [0.1, 0.15) is 22.2 Å². The fraction of sp³-hybridized carbons (Fsp3) is 0.222. The first kappa shape index (κ1) is 9.96. The molecule has 5 heteroatoms. The van der Waals surface area contributed by atoms with Crippen LogP contribution in [0.15, 0.2) is 6.07 Å². The molecule has 0 unspecified atom stereocenters. The quantitative estimate of drug-likeness (QED) is 0.873. The number of rotatable bonds is 2. The van der Waals surface area contributed by atoms with Gasteiger partial charge < -0.3 is 5.11 Å². The maximum absolute atomic E-state index is 10.9. The highest BCUT2D eigenvalue weighted by molar-refractivity contribution is 7.30. The topological polar surface area (TPSA) is 37.3 Å².